The van der Waals surface area contributed by atoms with Crippen LogP contribution in [-0.4, -0.2) is 30.8 Å². The Kier molecular flexibility index (Phi) is 7.21. The molecule has 11 heteroatoms. The molecular weight excluding hydrogens is 530 g/mol. The average Bonchev–Trinajstić information content (AvgIpc) is 3.30. The molecule has 0 spiro atoms. The first kappa shape index (κ1) is 26.5. The van der Waals surface area contributed by atoms with Crippen molar-refractivity contribution in [3.8, 4) is 0 Å². The third kappa shape index (κ3) is 5.28. The third-order valence-corrected chi connectivity index (χ3v) is 6.39. The van der Waals surface area contributed by atoms with Crippen molar-refractivity contribution >= 4 is 46.4 Å². The molecule has 3 aromatic rings. The first-order chi connectivity index (χ1) is 17.4. The van der Waals surface area contributed by atoms with Gasteiger partial charge in [-0.05, 0) is 72.6 Å². The molecule has 0 bridgehead atoms. The van der Waals surface area contributed by atoms with Gasteiger partial charge in [0, 0.05) is 45.9 Å². The highest BCUT2D eigenvalue weighted by molar-refractivity contribution is 6.34. The second-order valence-corrected chi connectivity index (χ2v) is 9.30. The van der Waals surface area contributed by atoms with E-state index in [4.69, 9.17) is 28.0 Å². The van der Waals surface area contributed by atoms with E-state index in [2.05, 4.69) is 15.8 Å². The summed E-state index contributed by atoms with van der Waals surface area (Å²) >= 11 is 11.9. The van der Waals surface area contributed by atoms with Crippen molar-refractivity contribution in [2.45, 2.75) is 25.1 Å². The van der Waals surface area contributed by atoms with E-state index in [1.807, 2.05) is 0 Å². The van der Waals surface area contributed by atoms with Gasteiger partial charge in [0.05, 0.1) is 5.71 Å². The molecule has 0 saturated carbocycles. The van der Waals surface area contributed by atoms with E-state index >= 15 is 0 Å². The summed E-state index contributed by atoms with van der Waals surface area (Å²) in [4.78, 5) is 29.5. The molecule has 37 heavy (non-hydrogen) atoms. The minimum Gasteiger partial charge on any atom is -0.374 e. The lowest BCUT2D eigenvalue weighted by Gasteiger charge is -2.29. The fourth-order valence-electron chi connectivity index (χ4n) is 3.99. The Hall–Kier alpha value is -3.56. The number of nitrogens with zero attached hydrogens (tertiary/aromatic N) is 1. The number of carbonyl (C=O) groups excluding carboxylic acids is 2. The summed E-state index contributed by atoms with van der Waals surface area (Å²) < 4.78 is 42.7. The lowest BCUT2D eigenvalue weighted by molar-refractivity contribution is -0.275. The number of benzene rings is 3. The SMILES string of the molecule is CNC(=O)c1ccc(NC(=O)c2ccc(C3=NOC(c4cc(Cl)cc(Cl)c4)(C(F)(F)F)C3)cc2C)cc1. The smallest absolute Gasteiger partial charge is 0.374 e. The lowest BCUT2D eigenvalue weighted by atomic mass is 9.86. The van der Waals surface area contributed by atoms with E-state index in [9.17, 15) is 22.8 Å². The summed E-state index contributed by atoms with van der Waals surface area (Å²) in [6, 6.07) is 14.6. The van der Waals surface area contributed by atoms with Crippen molar-refractivity contribution in [3.05, 3.63) is 98.5 Å². The van der Waals surface area contributed by atoms with Gasteiger partial charge < -0.3 is 15.5 Å². The van der Waals surface area contributed by atoms with Crippen molar-refractivity contribution in [2.75, 3.05) is 12.4 Å². The van der Waals surface area contributed by atoms with E-state index in [0.29, 0.717) is 27.9 Å². The molecule has 1 unspecified atom stereocenters. The Morgan fingerprint density at radius 3 is 2.19 bits per heavy atom. The largest absolute Gasteiger partial charge is 0.435 e. The minimum absolute atomic E-state index is 0.0395. The number of hydrogen-bond acceptors (Lipinski definition) is 4. The van der Waals surface area contributed by atoms with Gasteiger partial charge in [-0.25, -0.2) is 0 Å². The number of amides is 2. The first-order valence-electron chi connectivity index (χ1n) is 11.0. The number of carbonyl (C=O) groups is 2. The Balaban J connectivity index is 1.55. The van der Waals surface area contributed by atoms with Crippen LogP contribution in [0, 0.1) is 6.92 Å². The normalized spacial score (nSPS) is 17.1. The van der Waals surface area contributed by atoms with Crippen LogP contribution in [0.5, 0.6) is 0 Å². The van der Waals surface area contributed by atoms with Gasteiger partial charge in [-0.15, -0.1) is 0 Å². The van der Waals surface area contributed by atoms with Crippen molar-refractivity contribution in [2.24, 2.45) is 5.16 Å². The van der Waals surface area contributed by atoms with E-state index in [1.165, 1.54) is 25.2 Å². The summed E-state index contributed by atoms with van der Waals surface area (Å²) in [5.41, 5.74) is -0.803. The van der Waals surface area contributed by atoms with Crippen LogP contribution in [0.1, 0.15) is 43.8 Å². The highest BCUT2D eigenvalue weighted by Crippen LogP contribution is 2.49. The molecule has 0 fully saturated rings. The summed E-state index contributed by atoms with van der Waals surface area (Å²) in [6.07, 6.45) is -5.41. The molecule has 192 valence electrons. The van der Waals surface area contributed by atoms with Gasteiger partial charge in [-0.3, -0.25) is 9.59 Å². The summed E-state index contributed by atoms with van der Waals surface area (Å²) in [6.45, 7) is 1.66. The monoisotopic (exact) mass is 549 g/mol. The zero-order chi connectivity index (χ0) is 27.0. The van der Waals surface area contributed by atoms with Crippen LogP contribution in [0.2, 0.25) is 10.0 Å². The van der Waals surface area contributed by atoms with Crippen LogP contribution < -0.4 is 10.6 Å². The number of rotatable bonds is 5. The number of nitrogens with one attached hydrogen (secondary N) is 2. The minimum atomic E-state index is -4.81. The van der Waals surface area contributed by atoms with Crippen LogP contribution in [0.3, 0.4) is 0 Å². The molecule has 0 saturated heterocycles. The molecule has 1 aliphatic rings. The zero-order valence-electron chi connectivity index (χ0n) is 19.5. The molecule has 3 aromatic carbocycles. The zero-order valence-corrected chi connectivity index (χ0v) is 21.1. The predicted molar refractivity (Wildman–Crippen MR) is 135 cm³/mol. The van der Waals surface area contributed by atoms with Crippen LogP contribution >= 0.6 is 23.2 Å². The molecule has 1 aliphatic heterocycles. The van der Waals surface area contributed by atoms with Gasteiger partial charge >= 0.3 is 6.18 Å². The molecule has 4 rings (SSSR count). The van der Waals surface area contributed by atoms with Crippen LogP contribution in [0.4, 0.5) is 18.9 Å². The van der Waals surface area contributed by atoms with E-state index in [-0.39, 0.29) is 27.2 Å². The molecule has 1 heterocycles. The molecule has 0 aliphatic carbocycles. The molecule has 0 aromatic heterocycles. The highest BCUT2D eigenvalue weighted by atomic mass is 35.5. The second-order valence-electron chi connectivity index (χ2n) is 8.43. The number of anilines is 1. The standard InChI is InChI=1S/C26H20Cl2F3N3O3/c1-14-9-16(5-8-21(14)24(36)33-20-6-3-15(4-7-20)23(35)32-2)22-13-25(37-34-22,26(29,30)31)17-10-18(27)12-19(28)11-17/h3-12H,13H2,1-2H3,(H,32,35)(H,33,36). The van der Waals surface area contributed by atoms with E-state index in [1.54, 1.807) is 37.3 Å². The topological polar surface area (TPSA) is 79.8 Å². The Morgan fingerprint density at radius 2 is 1.62 bits per heavy atom. The number of alkyl halides is 3. The van der Waals surface area contributed by atoms with Crippen LogP contribution in [0.15, 0.2) is 65.8 Å². The third-order valence-electron chi connectivity index (χ3n) is 5.95. The number of aryl methyl sites for hydroxylation is 1. The average molecular weight is 550 g/mol. The number of hydrogen-bond donors (Lipinski definition) is 2. The first-order valence-corrected chi connectivity index (χ1v) is 11.7. The fraction of sp³-hybridized carbons (Fsp3) is 0.192. The highest BCUT2D eigenvalue weighted by Gasteiger charge is 2.62. The second kappa shape index (κ2) is 10.1. The van der Waals surface area contributed by atoms with Crippen molar-refractivity contribution in [3.63, 3.8) is 0 Å². The van der Waals surface area contributed by atoms with Gasteiger partial charge in [0.2, 0.25) is 0 Å². The van der Waals surface area contributed by atoms with E-state index in [0.717, 1.165) is 12.1 Å². The molecule has 6 nitrogen and oxygen atoms in total. The van der Waals surface area contributed by atoms with Crippen molar-refractivity contribution in [1.29, 1.82) is 0 Å². The number of halogens is 5. The fourth-order valence-corrected chi connectivity index (χ4v) is 4.52. The van der Waals surface area contributed by atoms with Gasteiger partial charge in [0.1, 0.15) is 0 Å². The molecule has 0 radical (unpaired) electrons. The molecular formula is C26H20Cl2F3N3O3. The Morgan fingerprint density at radius 1 is 0.973 bits per heavy atom. The maximum absolute atomic E-state index is 14.2. The maximum atomic E-state index is 14.2. The summed E-state index contributed by atoms with van der Waals surface area (Å²) in [5, 5.41) is 9.08. The molecule has 2 amide bonds. The van der Waals surface area contributed by atoms with Crippen LogP contribution in [0.25, 0.3) is 0 Å². The lowest BCUT2D eigenvalue weighted by Crippen LogP contribution is -2.42. The van der Waals surface area contributed by atoms with Crippen LogP contribution in [-0.2, 0) is 10.4 Å². The predicted octanol–water partition coefficient (Wildman–Crippen LogP) is 6.50. The Labute approximate surface area is 220 Å². The molecule has 1 atom stereocenters. The summed E-state index contributed by atoms with van der Waals surface area (Å²) in [7, 11) is 1.52. The van der Waals surface area contributed by atoms with Gasteiger partial charge in [-0.2, -0.15) is 13.2 Å². The van der Waals surface area contributed by atoms with Gasteiger partial charge in [0.25, 0.3) is 17.4 Å². The number of oxime groups is 1. The van der Waals surface area contributed by atoms with Gasteiger partial charge in [-0.1, -0.05) is 34.4 Å². The van der Waals surface area contributed by atoms with Crippen molar-refractivity contribution in [1.82, 2.24) is 5.32 Å². The van der Waals surface area contributed by atoms with Gasteiger partial charge in [0.15, 0.2) is 0 Å². The Bertz CT molecular complexity index is 1390. The maximum Gasteiger partial charge on any atom is 0.435 e. The van der Waals surface area contributed by atoms with Crippen molar-refractivity contribution < 1.29 is 27.6 Å². The molecule has 2 N–H and O–H groups in total. The summed E-state index contributed by atoms with van der Waals surface area (Å²) in [5.74, 6) is -0.671. The quantitative estimate of drug-likeness (QED) is 0.381. The van der Waals surface area contributed by atoms with E-state index < -0.39 is 24.1 Å².